The molecule has 4 nitrogen and oxygen atoms in total. The van der Waals surface area contributed by atoms with Gasteiger partial charge >= 0.3 is 0 Å². The molecule has 122 valence electrons. The minimum absolute atomic E-state index is 0.0496. The van der Waals surface area contributed by atoms with Crippen LogP contribution in [0.5, 0.6) is 0 Å². The standard InChI is InChI=1S/C18H21ClN2O2/c19-16-9-5-4-8-15(16)13-21-18(23)17(10-11-22)20-12-14-6-2-1-3-7-14/h1-9,17,20,22H,10-13H2,(H,21,23). The molecule has 2 aromatic carbocycles. The number of amides is 1. The lowest BCUT2D eigenvalue weighted by Gasteiger charge is -2.18. The van der Waals surface area contributed by atoms with Gasteiger partial charge in [-0.1, -0.05) is 60.1 Å². The molecule has 0 aromatic heterocycles. The molecule has 0 spiro atoms. The Labute approximate surface area is 141 Å². The average molecular weight is 333 g/mol. The van der Waals surface area contributed by atoms with Crippen LogP contribution < -0.4 is 10.6 Å². The van der Waals surface area contributed by atoms with Gasteiger partial charge in [0.25, 0.3) is 0 Å². The Morgan fingerprint density at radius 3 is 2.43 bits per heavy atom. The van der Waals surface area contributed by atoms with Crippen LogP contribution in [0.25, 0.3) is 0 Å². The molecule has 0 aliphatic heterocycles. The summed E-state index contributed by atoms with van der Waals surface area (Å²) >= 11 is 6.08. The van der Waals surface area contributed by atoms with E-state index in [4.69, 9.17) is 11.6 Å². The Hall–Kier alpha value is -1.88. The van der Waals surface area contributed by atoms with E-state index in [0.717, 1.165) is 11.1 Å². The summed E-state index contributed by atoms with van der Waals surface area (Å²) in [4.78, 5) is 12.3. The lowest BCUT2D eigenvalue weighted by molar-refractivity contribution is -0.123. The number of hydrogen-bond acceptors (Lipinski definition) is 3. The maximum absolute atomic E-state index is 12.3. The van der Waals surface area contributed by atoms with Gasteiger partial charge in [-0.3, -0.25) is 4.79 Å². The summed E-state index contributed by atoms with van der Waals surface area (Å²) in [6.45, 7) is 0.893. The van der Waals surface area contributed by atoms with Gasteiger partial charge in [-0.25, -0.2) is 0 Å². The van der Waals surface area contributed by atoms with E-state index >= 15 is 0 Å². The molecule has 0 bridgehead atoms. The van der Waals surface area contributed by atoms with E-state index in [0.29, 0.717) is 24.5 Å². The highest BCUT2D eigenvalue weighted by Gasteiger charge is 2.17. The van der Waals surface area contributed by atoms with Gasteiger partial charge in [0.15, 0.2) is 0 Å². The minimum Gasteiger partial charge on any atom is -0.396 e. The van der Waals surface area contributed by atoms with Gasteiger partial charge in [0.1, 0.15) is 0 Å². The van der Waals surface area contributed by atoms with Gasteiger partial charge in [0.2, 0.25) is 5.91 Å². The van der Waals surface area contributed by atoms with Crippen molar-refractivity contribution in [1.29, 1.82) is 0 Å². The van der Waals surface area contributed by atoms with Crippen LogP contribution in [0.4, 0.5) is 0 Å². The summed E-state index contributed by atoms with van der Waals surface area (Å²) < 4.78 is 0. The number of aliphatic hydroxyl groups excluding tert-OH is 1. The van der Waals surface area contributed by atoms with Crippen molar-refractivity contribution in [3.63, 3.8) is 0 Å². The zero-order valence-electron chi connectivity index (χ0n) is 12.8. The predicted molar refractivity (Wildman–Crippen MR) is 92.1 cm³/mol. The average Bonchev–Trinajstić information content (AvgIpc) is 2.58. The van der Waals surface area contributed by atoms with Crippen molar-refractivity contribution in [3.8, 4) is 0 Å². The van der Waals surface area contributed by atoms with Crippen LogP contribution in [0.2, 0.25) is 5.02 Å². The summed E-state index contributed by atoms with van der Waals surface area (Å²) in [5, 5.41) is 15.8. The van der Waals surface area contributed by atoms with E-state index in [1.165, 1.54) is 0 Å². The smallest absolute Gasteiger partial charge is 0.237 e. The maximum Gasteiger partial charge on any atom is 0.237 e. The molecule has 2 aromatic rings. The maximum atomic E-state index is 12.3. The van der Waals surface area contributed by atoms with E-state index in [1.807, 2.05) is 48.5 Å². The monoisotopic (exact) mass is 332 g/mol. The molecule has 0 aliphatic carbocycles. The van der Waals surface area contributed by atoms with Gasteiger partial charge in [0.05, 0.1) is 6.04 Å². The Kier molecular flexibility index (Phi) is 7.07. The molecule has 1 unspecified atom stereocenters. The van der Waals surface area contributed by atoms with Crippen LogP contribution in [0.15, 0.2) is 54.6 Å². The second kappa shape index (κ2) is 9.30. The second-order valence-corrected chi connectivity index (χ2v) is 5.65. The van der Waals surface area contributed by atoms with Crippen molar-refractivity contribution in [2.24, 2.45) is 0 Å². The molecule has 0 radical (unpaired) electrons. The summed E-state index contributed by atoms with van der Waals surface area (Å²) in [5.74, 6) is -0.144. The zero-order chi connectivity index (χ0) is 16.5. The number of hydrogen-bond donors (Lipinski definition) is 3. The summed E-state index contributed by atoms with van der Waals surface area (Å²) in [7, 11) is 0. The molecule has 5 heteroatoms. The Morgan fingerprint density at radius 2 is 1.74 bits per heavy atom. The first-order valence-corrected chi connectivity index (χ1v) is 7.98. The first-order chi connectivity index (χ1) is 11.2. The molecular weight excluding hydrogens is 312 g/mol. The van der Waals surface area contributed by atoms with E-state index in [9.17, 15) is 9.90 Å². The fourth-order valence-corrected chi connectivity index (χ4v) is 2.44. The topological polar surface area (TPSA) is 61.4 Å². The third kappa shape index (κ3) is 5.67. The number of aliphatic hydroxyl groups is 1. The molecule has 0 saturated heterocycles. The highest BCUT2D eigenvalue weighted by atomic mass is 35.5. The molecule has 0 aliphatic rings. The number of carbonyl (C=O) groups is 1. The van der Waals surface area contributed by atoms with Gasteiger partial charge in [-0.05, 0) is 23.6 Å². The number of halogens is 1. The SMILES string of the molecule is O=C(NCc1ccccc1Cl)C(CCO)NCc1ccccc1. The molecule has 23 heavy (non-hydrogen) atoms. The number of nitrogens with one attached hydrogen (secondary N) is 2. The van der Waals surface area contributed by atoms with Crippen molar-refractivity contribution < 1.29 is 9.90 Å². The summed E-state index contributed by atoms with van der Waals surface area (Å²) in [5.41, 5.74) is 1.96. The highest BCUT2D eigenvalue weighted by molar-refractivity contribution is 6.31. The normalized spacial score (nSPS) is 11.9. The quantitative estimate of drug-likeness (QED) is 0.696. The fraction of sp³-hybridized carbons (Fsp3) is 0.278. The largest absolute Gasteiger partial charge is 0.396 e. The Morgan fingerprint density at radius 1 is 1.04 bits per heavy atom. The van der Waals surface area contributed by atoms with E-state index in [1.54, 1.807) is 6.07 Å². The van der Waals surface area contributed by atoms with Crippen molar-refractivity contribution in [2.45, 2.75) is 25.6 Å². The van der Waals surface area contributed by atoms with Crippen LogP contribution in [0.1, 0.15) is 17.5 Å². The molecule has 1 amide bonds. The van der Waals surface area contributed by atoms with Crippen LogP contribution in [-0.2, 0) is 17.9 Å². The molecule has 0 saturated carbocycles. The molecule has 0 fully saturated rings. The van der Waals surface area contributed by atoms with Gasteiger partial charge in [0, 0.05) is 24.7 Å². The van der Waals surface area contributed by atoms with E-state index in [-0.39, 0.29) is 12.5 Å². The van der Waals surface area contributed by atoms with E-state index in [2.05, 4.69) is 10.6 Å². The highest BCUT2D eigenvalue weighted by Crippen LogP contribution is 2.14. The van der Waals surface area contributed by atoms with Crippen LogP contribution >= 0.6 is 11.6 Å². The predicted octanol–water partition coefficient (Wildman–Crippen LogP) is 2.50. The third-order valence-corrected chi connectivity index (χ3v) is 3.91. The molecular formula is C18H21ClN2O2. The van der Waals surface area contributed by atoms with Crippen molar-refractivity contribution >= 4 is 17.5 Å². The fourth-order valence-electron chi connectivity index (χ4n) is 2.24. The van der Waals surface area contributed by atoms with Crippen LogP contribution in [0, 0.1) is 0 Å². The zero-order valence-corrected chi connectivity index (χ0v) is 13.6. The van der Waals surface area contributed by atoms with Crippen molar-refractivity contribution in [1.82, 2.24) is 10.6 Å². The number of carbonyl (C=O) groups excluding carboxylic acids is 1. The summed E-state index contributed by atoms with van der Waals surface area (Å²) in [6.07, 6.45) is 0.362. The molecule has 3 N–H and O–H groups in total. The Bertz CT molecular complexity index is 619. The van der Waals surface area contributed by atoms with Gasteiger partial charge in [-0.2, -0.15) is 0 Å². The molecule has 2 rings (SSSR count). The number of benzene rings is 2. The summed E-state index contributed by atoms with van der Waals surface area (Å²) in [6, 6.07) is 16.8. The lowest BCUT2D eigenvalue weighted by Crippen LogP contribution is -2.44. The van der Waals surface area contributed by atoms with Crippen LogP contribution in [0.3, 0.4) is 0 Å². The van der Waals surface area contributed by atoms with Gasteiger partial charge < -0.3 is 15.7 Å². The van der Waals surface area contributed by atoms with Gasteiger partial charge in [-0.15, -0.1) is 0 Å². The minimum atomic E-state index is -0.442. The molecule has 1 atom stereocenters. The first-order valence-electron chi connectivity index (χ1n) is 7.60. The van der Waals surface area contributed by atoms with Crippen LogP contribution in [-0.4, -0.2) is 23.7 Å². The first kappa shape index (κ1) is 17.5. The van der Waals surface area contributed by atoms with Crippen molar-refractivity contribution in [3.05, 3.63) is 70.7 Å². The lowest BCUT2D eigenvalue weighted by atomic mass is 10.1. The molecule has 0 heterocycles. The number of rotatable bonds is 8. The third-order valence-electron chi connectivity index (χ3n) is 3.54. The second-order valence-electron chi connectivity index (χ2n) is 5.24. The Balaban J connectivity index is 1.89. The van der Waals surface area contributed by atoms with Crippen molar-refractivity contribution in [2.75, 3.05) is 6.61 Å². The van der Waals surface area contributed by atoms with E-state index < -0.39 is 6.04 Å².